The number of piperazine rings is 1. The van der Waals surface area contributed by atoms with Crippen molar-refractivity contribution < 1.29 is 8.91 Å². The molecule has 1 aliphatic rings. The van der Waals surface area contributed by atoms with Crippen molar-refractivity contribution in [3.63, 3.8) is 0 Å². The molecule has 0 radical (unpaired) electrons. The van der Waals surface area contributed by atoms with Crippen LogP contribution in [0.1, 0.15) is 31.5 Å². The van der Waals surface area contributed by atoms with Crippen LogP contribution in [0.15, 0.2) is 28.8 Å². The number of benzene rings is 1. The highest BCUT2D eigenvalue weighted by Gasteiger charge is 2.20. The average molecular weight is 318 g/mol. The molecule has 1 fully saturated rings. The molecule has 124 valence electrons. The Morgan fingerprint density at radius 2 is 1.96 bits per heavy atom. The second-order valence-corrected chi connectivity index (χ2v) is 5.92. The lowest BCUT2D eigenvalue weighted by Gasteiger charge is -2.35. The standard InChI is InChI=1S/C17H23FN4O/c1-2-3-8-16-19-17(23-20-16)13-21-9-11-22(12-10-21)15-7-5-4-6-14(15)18/h4-7H,2-3,8-13H2,1H3. The first-order valence-corrected chi connectivity index (χ1v) is 8.29. The number of rotatable bonds is 6. The van der Waals surface area contributed by atoms with Gasteiger partial charge < -0.3 is 9.42 Å². The number of aryl methyl sites for hydroxylation is 1. The smallest absolute Gasteiger partial charge is 0.240 e. The summed E-state index contributed by atoms with van der Waals surface area (Å²) in [5.74, 6) is 1.32. The Labute approximate surface area is 136 Å². The predicted octanol–water partition coefficient (Wildman–Crippen LogP) is 2.87. The number of unbranched alkanes of at least 4 members (excludes halogenated alkanes) is 1. The van der Waals surface area contributed by atoms with E-state index in [1.54, 1.807) is 6.07 Å². The Morgan fingerprint density at radius 3 is 2.70 bits per heavy atom. The van der Waals surface area contributed by atoms with Crippen molar-refractivity contribution in [3.8, 4) is 0 Å². The fraction of sp³-hybridized carbons (Fsp3) is 0.529. The molecule has 0 amide bonds. The van der Waals surface area contributed by atoms with Gasteiger partial charge in [0.2, 0.25) is 5.89 Å². The summed E-state index contributed by atoms with van der Waals surface area (Å²) in [4.78, 5) is 8.80. The van der Waals surface area contributed by atoms with Crippen molar-refractivity contribution in [2.24, 2.45) is 0 Å². The maximum Gasteiger partial charge on any atom is 0.240 e. The van der Waals surface area contributed by atoms with Gasteiger partial charge >= 0.3 is 0 Å². The molecule has 2 heterocycles. The number of halogens is 1. The summed E-state index contributed by atoms with van der Waals surface area (Å²) in [5, 5.41) is 4.02. The number of anilines is 1. The quantitative estimate of drug-likeness (QED) is 0.819. The van der Waals surface area contributed by atoms with Crippen molar-refractivity contribution in [2.45, 2.75) is 32.7 Å². The summed E-state index contributed by atoms with van der Waals surface area (Å²) >= 11 is 0. The largest absolute Gasteiger partial charge is 0.367 e. The van der Waals surface area contributed by atoms with Gasteiger partial charge in [0.25, 0.3) is 0 Å². The number of hydrogen-bond acceptors (Lipinski definition) is 5. The maximum absolute atomic E-state index is 13.8. The van der Waals surface area contributed by atoms with Crippen LogP contribution in [0.4, 0.5) is 10.1 Å². The normalized spacial score (nSPS) is 16.0. The fourth-order valence-electron chi connectivity index (χ4n) is 2.84. The summed E-state index contributed by atoms with van der Waals surface area (Å²) in [6.45, 7) is 6.15. The Bertz CT molecular complexity index is 623. The molecule has 1 aromatic heterocycles. The molecular formula is C17H23FN4O. The van der Waals surface area contributed by atoms with Crippen LogP contribution >= 0.6 is 0 Å². The van der Waals surface area contributed by atoms with Crippen LogP contribution in [0.5, 0.6) is 0 Å². The minimum absolute atomic E-state index is 0.154. The third kappa shape index (κ3) is 4.07. The molecule has 0 spiro atoms. The second-order valence-electron chi connectivity index (χ2n) is 5.92. The molecule has 0 aliphatic carbocycles. The topological polar surface area (TPSA) is 45.4 Å². The van der Waals surface area contributed by atoms with Crippen molar-refractivity contribution >= 4 is 5.69 Å². The number of para-hydroxylation sites is 1. The van der Waals surface area contributed by atoms with Crippen molar-refractivity contribution in [1.82, 2.24) is 15.0 Å². The van der Waals surface area contributed by atoms with E-state index >= 15 is 0 Å². The van der Waals surface area contributed by atoms with Gasteiger partial charge in [-0.1, -0.05) is 30.6 Å². The SMILES string of the molecule is CCCCc1noc(CN2CCN(c3ccccc3F)CC2)n1. The van der Waals surface area contributed by atoms with Crippen LogP contribution in [0.2, 0.25) is 0 Å². The average Bonchev–Trinajstić information content (AvgIpc) is 3.02. The van der Waals surface area contributed by atoms with Crippen molar-refractivity contribution in [3.05, 3.63) is 41.8 Å². The van der Waals surface area contributed by atoms with Gasteiger partial charge in [0.05, 0.1) is 12.2 Å². The van der Waals surface area contributed by atoms with Gasteiger partial charge in [0.15, 0.2) is 5.82 Å². The molecule has 0 bridgehead atoms. The Morgan fingerprint density at radius 1 is 1.17 bits per heavy atom. The van der Waals surface area contributed by atoms with E-state index < -0.39 is 0 Å². The van der Waals surface area contributed by atoms with E-state index in [-0.39, 0.29) is 5.82 Å². The van der Waals surface area contributed by atoms with E-state index in [1.807, 2.05) is 12.1 Å². The molecule has 6 heteroatoms. The van der Waals surface area contributed by atoms with Crippen LogP contribution in [-0.2, 0) is 13.0 Å². The molecule has 0 atom stereocenters. The van der Waals surface area contributed by atoms with E-state index in [0.717, 1.165) is 51.3 Å². The minimum Gasteiger partial charge on any atom is -0.367 e. The molecule has 2 aromatic rings. The zero-order valence-corrected chi connectivity index (χ0v) is 13.5. The van der Waals surface area contributed by atoms with Gasteiger partial charge in [-0.3, -0.25) is 4.90 Å². The molecule has 1 saturated heterocycles. The second kappa shape index (κ2) is 7.55. The zero-order valence-electron chi connectivity index (χ0n) is 13.5. The van der Waals surface area contributed by atoms with Crippen LogP contribution < -0.4 is 4.90 Å². The van der Waals surface area contributed by atoms with Crippen molar-refractivity contribution in [1.29, 1.82) is 0 Å². The molecule has 5 nitrogen and oxygen atoms in total. The molecule has 3 rings (SSSR count). The first kappa shape index (κ1) is 15.9. The fourth-order valence-corrected chi connectivity index (χ4v) is 2.84. The Hall–Kier alpha value is -1.95. The van der Waals surface area contributed by atoms with E-state index in [9.17, 15) is 4.39 Å². The van der Waals surface area contributed by atoms with Crippen LogP contribution in [-0.4, -0.2) is 41.2 Å². The lowest BCUT2D eigenvalue weighted by atomic mass is 10.2. The van der Waals surface area contributed by atoms with E-state index in [1.165, 1.54) is 6.07 Å². The van der Waals surface area contributed by atoms with Gasteiger partial charge in [-0.15, -0.1) is 0 Å². The molecule has 23 heavy (non-hydrogen) atoms. The third-order valence-electron chi connectivity index (χ3n) is 4.19. The van der Waals surface area contributed by atoms with Crippen LogP contribution in [0.25, 0.3) is 0 Å². The summed E-state index contributed by atoms with van der Waals surface area (Å²) < 4.78 is 19.2. The number of nitrogens with zero attached hydrogens (tertiary/aromatic N) is 4. The first-order valence-electron chi connectivity index (χ1n) is 8.29. The number of hydrogen-bond donors (Lipinski definition) is 0. The monoisotopic (exact) mass is 318 g/mol. The first-order chi connectivity index (χ1) is 11.3. The molecule has 0 unspecified atom stereocenters. The summed E-state index contributed by atoms with van der Waals surface area (Å²) in [7, 11) is 0. The highest BCUT2D eigenvalue weighted by molar-refractivity contribution is 5.47. The lowest BCUT2D eigenvalue weighted by molar-refractivity contribution is 0.215. The third-order valence-corrected chi connectivity index (χ3v) is 4.19. The van der Waals surface area contributed by atoms with Crippen LogP contribution in [0.3, 0.4) is 0 Å². The Kier molecular flexibility index (Phi) is 5.23. The van der Waals surface area contributed by atoms with Crippen molar-refractivity contribution in [2.75, 3.05) is 31.1 Å². The minimum atomic E-state index is -0.154. The van der Waals surface area contributed by atoms with E-state index in [4.69, 9.17) is 4.52 Å². The molecular weight excluding hydrogens is 295 g/mol. The zero-order chi connectivity index (χ0) is 16.1. The van der Waals surface area contributed by atoms with Crippen LogP contribution in [0, 0.1) is 5.82 Å². The highest BCUT2D eigenvalue weighted by Crippen LogP contribution is 2.20. The van der Waals surface area contributed by atoms with Gasteiger partial charge in [-0.2, -0.15) is 4.98 Å². The van der Waals surface area contributed by atoms with Gasteiger partial charge in [0.1, 0.15) is 5.82 Å². The number of aromatic nitrogens is 2. The molecule has 0 saturated carbocycles. The summed E-state index contributed by atoms with van der Waals surface area (Å²) in [6, 6.07) is 6.95. The molecule has 0 N–H and O–H groups in total. The van der Waals surface area contributed by atoms with E-state index in [0.29, 0.717) is 18.1 Å². The highest BCUT2D eigenvalue weighted by atomic mass is 19.1. The predicted molar refractivity (Wildman–Crippen MR) is 86.8 cm³/mol. The van der Waals surface area contributed by atoms with Gasteiger partial charge in [0, 0.05) is 32.6 Å². The lowest BCUT2D eigenvalue weighted by Crippen LogP contribution is -2.46. The van der Waals surface area contributed by atoms with E-state index in [2.05, 4.69) is 26.9 Å². The summed E-state index contributed by atoms with van der Waals surface area (Å²) in [5.41, 5.74) is 0.687. The van der Waals surface area contributed by atoms with Gasteiger partial charge in [-0.05, 0) is 18.6 Å². The van der Waals surface area contributed by atoms with Gasteiger partial charge in [-0.25, -0.2) is 4.39 Å². The molecule has 1 aromatic carbocycles. The molecule has 1 aliphatic heterocycles. The maximum atomic E-state index is 13.8. The Balaban J connectivity index is 1.51. The summed E-state index contributed by atoms with van der Waals surface area (Å²) in [6.07, 6.45) is 3.09.